The summed E-state index contributed by atoms with van der Waals surface area (Å²) in [6, 6.07) is 24.5. The van der Waals surface area contributed by atoms with Crippen LogP contribution in [0, 0.1) is 0 Å². The predicted molar refractivity (Wildman–Crippen MR) is 117 cm³/mol. The summed E-state index contributed by atoms with van der Waals surface area (Å²) >= 11 is 0. The maximum atomic E-state index is 12.5. The third-order valence-corrected chi connectivity index (χ3v) is 6.04. The van der Waals surface area contributed by atoms with Gasteiger partial charge in [0.05, 0.1) is 10.6 Å². The second-order valence-electron chi connectivity index (χ2n) is 6.72. The van der Waals surface area contributed by atoms with E-state index in [1.54, 1.807) is 53.2 Å². The minimum absolute atomic E-state index is 0.209. The number of hydrogen-bond donors (Lipinski definition) is 1. The van der Waals surface area contributed by atoms with Crippen LogP contribution in [0.1, 0.15) is 0 Å². The normalized spacial score (nSPS) is 11.5. The highest BCUT2D eigenvalue weighted by atomic mass is 32.2. The van der Waals surface area contributed by atoms with Gasteiger partial charge in [-0.2, -0.15) is 9.61 Å². The lowest BCUT2D eigenvalue weighted by Gasteiger charge is -2.09. The van der Waals surface area contributed by atoms with Crippen molar-refractivity contribution in [2.24, 2.45) is 0 Å². The van der Waals surface area contributed by atoms with Crippen molar-refractivity contribution in [1.82, 2.24) is 24.8 Å². The van der Waals surface area contributed by atoms with E-state index in [4.69, 9.17) is 0 Å². The van der Waals surface area contributed by atoms with Crippen molar-refractivity contribution in [2.45, 2.75) is 4.90 Å². The molecule has 0 atom stereocenters. The highest BCUT2D eigenvalue weighted by Gasteiger charge is 2.14. The first-order valence-electron chi connectivity index (χ1n) is 9.42. The quantitative estimate of drug-likeness (QED) is 0.458. The summed E-state index contributed by atoms with van der Waals surface area (Å²) < 4.78 is 29.2. The Bertz CT molecular complexity index is 1450. The fourth-order valence-electron chi connectivity index (χ4n) is 3.12. The molecule has 0 spiro atoms. The molecule has 0 saturated heterocycles. The van der Waals surface area contributed by atoms with E-state index in [-0.39, 0.29) is 4.90 Å². The lowest BCUT2D eigenvalue weighted by atomic mass is 10.1. The zero-order valence-electron chi connectivity index (χ0n) is 16.1. The molecule has 0 aliphatic heterocycles. The number of sulfonamides is 1. The van der Waals surface area contributed by atoms with Gasteiger partial charge in [0.15, 0.2) is 5.65 Å². The van der Waals surface area contributed by atoms with Crippen LogP contribution >= 0.6 is 0 Å². The molecule has 0 fully saturated rings. The molecule has 5 aromatic rings. The Labute approximate surface area is 178 Å². The summed E-state index contributed by atoms with van der Waals surface area (Å²) in [5.41, 5.74) is 3.27. The SMILES string of the molecule is O=S(=O)(Nc1ccc(-c2ccc3nnc(-c4ccccn4)n3n2)cc1)c1ccccc1. The van der Waals surface area contributed by atoms with E-state index in [0.717, 1.165) is 5.56 Å². The first-order valence-corrected chi connectivity index (χ1v) is 10.9. The second-order valence-corrected chi connectivity index (χ2v) is 8.41. The smallest absolute Gasteiger partial charge is 0.261 e. The zero-order chi connectivity index (χ0) is 21.3. The van der Waals surface area contributed by atoms with Crippen molar-refractivity contribution in [3.8, 4) is 22.8 Å². The summed E-state index contributed by atoms with van der Waals surface area (Å²) in [4.78, 5) is 4.53. The fourth-order valence-corrected chi connectivity index (χ4v) is 4.20. The topological polar surface area (TPSA) is 102 Å². The molecule has 0 saturated carbocycles. The molecule has 31 heavy (non-hydrogen) atoms. The van der Waals surface area contributed by atoms with E-state index < -0.39 is 10.0 Å². The molecule has 3 aromatic heterocycles. The molecule has 0 radical (unpaired) electrons. The third kappa shape index (κ3) is 3.74. The van der Waals surface area contributed by atoms with Crippen molar-refractivity contribution in [2.75, 3.05) is 4.72 Å². The molecule has 2 aromatic carbocycles. The molecule has 3 heterocycles. The molecule has 152 valence electrons. The number of rotatable bonds is 5. The van der Waals surface area contributed by atoms with Crippen molar-refractivity contribution in [1.29, 1.82) is 0 Å². The van der Waals surface area contributed by atoms with Gasteiger partial charge in [0, 0.05) is 17.4 Å². The fraction of sp³-hybridized carbons (Fsp3) is 0. The van der Waals surface area contributed by atoms with E-state index in [2.05, 4.69) is 25.0 Å². The predicted octanol–water partition coefficient (Wildman–Crippen LogP) is 3.65. The highest BCUT2D eigenvalue weighted by molar-refractivity contribution is 7.92. The molecule has 9 heteroatoms. The largest absolute Gasteiger partial charge is 0.280 e. The maximum Gasteiger partial charge on any atom is 0.261 e. The van der Waals surface area contributed by atoms with Crippen molar-refractivity contribution in [3.63, 3.8) is 0 Å². The van der Waals surface area contributed by atoms with E-state index in [1.807, 2.05) is 42.5 Å². The van der Waals surface area contributed by atoms with Gasteiger partial charge >= 0.3 is 0 Å². The summed E-state index contributed by atoms with van der Waals surface area (Å²) in [5, 5.41) is 13.0. The minimum atomic E-state index is -3.64. The number of nitrogens with zero attached hydrogens (tertiary/aromatic N) is 5. The maximum absolute atomic E-state index is 12.5. The summed E-state index contributed by atoms with van der Waals surface area (Å²) in [6.07, 6.45) is 1.69. The van der Waals surface area contributed by atoms with E-state index in [1.165, 1.54) is 0 Å². The van der Waals surface area contributed by atoms with Gasteiger partial charge in [-0.15, -0.1) is 10.2 Å². The molecule has 5 rings (SSSR count). The average molecular weight is 428 g/mol. The number of aromatic nitrogens is 5. The summed E-state index contributed by atoms with van der Waals surface area (Å²) in [7, 11) is -3.64. The van der Waals surface area contributed by atoms with Crippen molar-refractivity contribution >= 4 is 21.4 Å². The first kappa shape index (κ1) is 18.9. The van der Waals surface area contributed by atoms with Crippen LogP contribution < -0.4 is 4.72 Å². The number of fused-ring (bicyclic) bond motifs is 1. The van der Waals surface area contributed by atoms with Crippen LogP contribution in [-0.2, 0) is 10.0 Å². The van der Waals surface area contributed by atoms with E-state index in [9.17, 15) is 8.42 Å². The molecule has 0 amide bonds. The molecule has 8 nitrogen and oxygen atoms in total. The summed E-state index contributed by atoms with van der Waals surface area (Å²) in [6.45, 7) is 0. The molecule has 0 aliphatic rings. The van der Waals surface area contributed by atoms with E-state index >= 15 is 0 Å². The van der Waals surface area contributed by atoms with Gasteiger partial charge < -0.3 is 0 Å². The monoisotopic (exact) mass is 428 g/mol. The van der Waals surface area contributed by atoms with Crippen LogP contribution in [0.3, 0.4) is 0 Å². The molecule has 0 unspecified atom stereocenters. The van der Waals surface area contributed by atoms with Gasteiger partial charge in [-0.25, -0.2) is 8.42 Å². The van der Waals surface area contributed by atoms with Gasteiger partial charge in [0.2, 0.25) is 5.82 Å². The second kappa shape index (κ2) is 7.62. The Morgan fingerprint density at radius 1 is 0.742 bits per heavy atom. The Kier molecular flexibility index (Phi) is 4.64. The van der Waals surface area contributed by atoms with Gasteiger partial charge in [-0.1, -0.05) is 36.4 Å². The standard InChI is InChI=1S/C22H16N6O2S/c29-31(30,18-6-2-1-3-7-18)27-17-11-9-16(10-12-17)19-13-14-21-24-25-22(28(21)26-19)20-8-4-5-15-23-20/h1-15,27H. The lowest BCUT2D eigenvalue weighted by molar-refractivity contribution is 0.601. The van der Waals surface area contributed by atoms with Crippen molar-refractivity contribution in [3.05, 3.63) is 91.1 Å². The summed E-state index contributed by atoms with van der Waals surface area (Å²) in [5.74, 6) is 0.546. The van der Waals surface area contributed by atoms with Crippen LogP contribution in [0.4, 0.5) is 5.69 Å². The Morgan fingerprint density at radius 3 is 2.26 bits per heavy atom. The molecule has 1 N–H and O–H groups in total. The average Bonchev–Trinajstić information content (AvgIpc) is 3.24. The van der Waals surface area contributed by atoms with E-state index in [0.29, 0.717) is 28.5 Å². The highest BCUT2D eigenvalue weighted by Crippen LogP contribution is 2.23. The Morgan fingerprint density at radius 2 is 1.52 bits per heavy atom. The lowest BCUT2D eigenvalue weighted by Crippen LogP contribution is -2.12. The number of anilines is 1. The van der Waals surface area contributed by atoms with Crippen LogP contribution in [0.15, 0.2) is 96.0 Å². The molecular weight excluding hydrogens is 412 g/mol. The van der Waals surface area contributed by atoms with Crippen LogP contribution in [-0.4, -0.2) is 33.2 Å². The zero-order valence-corrected chi connectivity index (χ0v) is 16.9. The minimum Gasteiger partial charge on any atom is -0.280 e. The van der Waals surface area contributed by atoms with Crippen LogP contribution in [0.2, 0.25) is 0 Å². The van der Waals surface area contributed by atoms with Gasteiger partial charge in [-0.05, 0) is 48.5 Å². The molecule has 0 aliphatic carbocycles. The van der Waals surface area contributed by atoms with Crippen molar-refractivity contribution < 1.29 is 8.42 Å². The van der Waals surface area contributed by atoms with Gasteiger partial charge in [0.25, 0.3) is 10.0 Å². The molecule has 0 bridgehead atoms. The number of hydrogen-bond acceptors (Lipinski definition) is 6. The Balaban J connectivity index is 1.45. The third-order valence-electron chi connectivity index (χ3n) is 4.64. The van der Waals surface area contributed by atoms with Gasteiger partial charge in [-0.3, -0.25) is 9.71 Å². The van der Waals surface area contributed by atoms with Crippen LogP contribution in [0.25, 0.3) is 28.4 Å². The number of pyridine rings is 1. The number of benzene rings is 2. The van der Waals surface area contributed by atoms with Gasteiger partial charge in [0.1, 0.15) is 5.69 Å². The van der Waals surface area contributed by atoms with Crippen LogP contribution in [0.5, 0.6) is 0 Å². The molecular formula is C22H16N6O2S. The number of nitrogens with one attached hydrogen (secondary N) is 1. The first-order chi connectivity index (χ1) is 15.1. The Hall–Kier alpha value is -4.11.